The Kier molecular flexibility index (Phi) is 12.6. The summed E-state index contributed by atoms with van der Waals surface area (Å²) in [5, 5.41) is 17.4. The molecule has 8 heteroatoms. The molecule has 0 radical (unpaired) electrons. The highest BCUT2D eigenvalue weighted by atomic mass is 19.1. The maximum Gasteiger partial charge on any atom is 0.253 e. The Morgan fingerprint density at radius 3 is 2.11 bits per heavy atom. The van der Waals surface area contributed by atoms with E-state index in [1.807, 2.05) is 69.3 Å². The Labute approximate surface area is 270 Å². The highest BCUT2D eigenvalue weighted by Crippen LogP contribution is 2.20. The number of halogens is 2. The first-order valence-electron chi connectivity index (χ1n) is 15.9. The Bertz CT molecular complexity index is 1590. The van der Waals surface area contributed by atoms with E-state index in [9.17, 15) is 23.5 Å². The van der Waals surface area contributed by atoms with Gasteiger partial charge >= 0.3 is 0 Å². The van der Waals surface area contributed by atoms with E-state index in [2.05, 4.69) is 16.7 Å². The first-order valence-corrected chi connectivity index (χ1v) is 15.9. The minimum atomic E-state index is -1.09. The molecule has 0 aromatic heterocycles. The van der Waals surface area contributed by atoms with Crippen LogP contribution in [0.1, 0.15) is 64.1 Å². The minimum absolute atomic E-state index is 0.00879. The minimum Gasteiger partial charge on any atom is -0.390 e. The van der Waals surface area contributed by atoms with Crippen LogP contribution in [0, 0.1) is 18.6 Å². The summed E-state index contributed by atoms with van der Waals surface area (Å²) in [6.45, 7) is 7.64. The third kappa shape index (κ3) is 9.80. The van der Waals surface area contributed by atoms with Gasteiger partial charge in [-0.2, -0.15) is 0 Å². The summed E-state index contributed by atoms with van der Waals surface area (Å²) in [6, 6.07) is 25.4. The van der Waals surface area contributed by atoms with Crippen molar-refractivity contribution in [3.63, 3.8) is 0 Å². The molecule has 46 heavy (non-hydrogen) atoms. The molecule has 0 fully saturated rings. The van der Waals surface area contributed by atoms with Gasteiger partial charge in [-0.05, 0) is 90.4 Å². The van der Waals surface area contributed by atoms with Crippen molar-refractivity contribution < 1.29 is 23.5 Å². The van der Waals surface area contributed by atoms with E-state index in [1.165, 1.54) is 12.1 Å². The van der Waals surface area contributed by atoms with Crippen LogP contribution in [-0.4, -0.2) is 53.6 Å². The van der Waals surface area contributed by atoms with Crippen LogP contribution in [-0.2, 0) is 13.0 Å². The zero-order valence-electron chi connectivity index (χ0n) is 26.7. The zero-order chi connectivity index (χ0) is 33.1. The molecule has 6 nitrogen and oxygen atoms in total. The van der Waals surface area contributed by atoms with Gasteiger partial charge in [-0.1, -0.05) is 62.4 Å². The van der Waals surface area contributed by atoms with Crippen LogP contribution in [0.4, 0.5) is 8.78 Å². The number of nitrogens with zero attached hydrogens (tertiary/aromatic N) is 1. The Morgan fingerprint density at radius 2 is 1.43 bits per heavy atom. The van der Waals surface area contributed by atoms with Gasteiger partial charge in [-0.3, -0.25) is 9.59 Å². The van der Waals surface area contributed by atoms with Crippen molar-refractivity contribution in [1.29, 1.82) is 0 Å². The molecule has 3 N–H and O–H groups in total. The average molecular weight is 628 g/mol. The van der Waals surface area contributed by atoms with Crippen molar-refractivity contribution >= 4 is 11.8 Å². The highest BCUT2D eigenvalue weighted by molar-refractivity contribution is 6.00. The molecule has 2 atom stereocenters. The van der Waals surface area contributed by atoms with Gasteiger partial charge in [0, 0.05) is 43.4 Å². The van der Waals surface area contributed by atoms with Crippen molar-refractivity contribution in [2.75, 3.05) is 19.6 Å². The SMILES string of the molecule is CCCN(CCC)C(=O)c1cc(C)cc(C(=O)N[C@@H](Cc2cc(F)cc(F)c2)[C@H](O)CNCc2cccc(-c3ccccc3)c2)c1. The first kappa shape index (κ1) is 34.5. The number of hydrogen-bond donors (Lipinski definition) is 3. The van der Waals surface area contributed by atoms with Crippen molar-refractivity contribution in [3.8, 4) is 11.1 Å². The van der Waals surface area contributed by atoms with E-state index in [-0.39, 0.29) is 24.4 Å². The van der Waals surface area contributed by atoms with Crippen LogP contribution >= 0.6 is 0 Å². The van der Waals surface area contributed by atoms with Gasteiger partial charge in [0.25, 0.3) is 11.8 Å². The summed E-state index contributed by atoms with van der Waals surface area (Å²) in [6.07, 6.45) is 0.531. The molecule has 0 unspecified atom stereocenters. The van der Waals surface area contributed by atoms with Gasteiger partial charge in [-0.15, -0.1) is 0 Å². The van der Waals surface area contributed by atoms with Gasteiger partial charge < -0.3 is 20.6 Å². The van der Waals surface area contributed by atoms with Crippen LogP contribution in [0.5, 0.6) is 0 Å². The number of amides is 2. The molecule has 2 amide bonds. The lowest BCUT2D eigenvalue weighted by Gasteiger charge is -2.25. The first-order chi connectivity index (χ1) is 22.2. The van der Waals surface area contributed by atoms with E-state index in [0.717, 1.165) is 41.2 Å². The summed E-state index contributed by atoms with van der Waals surface area (Å²) >= 11 is 0. The number of hydrogen-bond acceptors (Lipinski definition) is 4. The maximum absolute atomic E-state index is 14.1. The molecule has 0 saturated heterocycles. The molecule has 0 heterocycles. The smallest absolute Gasteiger partial charge is 0.253 e. The average Bonchev–Trinajstić information content (AvgIpc) is 3.03. The normalized spacial score (nSPS) is 12.4. The van der Waals surface area contributed by atoms with Crippen LogP contribution in [0.25, 0.3) is 11.1 Å². The molecule has 0 saturated carbocycles. The second-order valence-electron chi connectivity index (χ2n) is 11.7. The molecule has 0 aliphatic rings. The van der Waals surface area contributed by atoms with Gasteiger partial charge in [0.15, 0.2) is 0 Å². The van der Waals surface area contributed by atoms with Crippen molar-refractivity contribution in [2.45, 2.75) is 58.7 Å². The maximum atomic E-state index is 14.1. The molecule has 0 aliphatic carbocycles. The molecule has 4 aromatic rings. The summed E-state index contributed by atoms with van der Waals surface area (Å²) < 4.78 is 28.1. The standard InChI is InChI=1S/C38H43F2N3O3/c1-4-14-43(15-5-2)38(46)32-17-26(3)16-31(22-32)37(45)42-35(21-28-19-33(39)23-34(40)20-28)36(44)25-41-24-27-10-9-13-30(18-27)29-11-7-6-8-12-29/h6-13,16-20,22-23,35-36,41,44H,4-5,14-15,21,24-25H2,1-3H3,(H,42,45)/t35-,36+/m0/s1. The lowest BCUT2D eigenvalue weighted by Crippen LogP contribution is -2.48. The third-order valence-electron chi connectivity index (χ3n) is 7.74. The van der Waals surface area contributed by atoms with Crippen LogP contribution in [0.15, 0.2) is 91.0 Å². The Morgan fingerprint density at radius 1 is 0.783 bits per heavy atom. The van der Waals surface area contributed by atoms with E-state index in [4.69, 9.17) is 0 Å². The molecule has 0 bridgehead atoms. The second kappa shape index (κ2) is 16.8. The topological polar surface area (TPSA) is 81.7 Å². The van der Waals surface area contributed by atoms with Crippen LogP contribution < -0.4 is 10.6 Å². The molecular weight excluding hydrogens is 584 g/mol. The second-order valence-corrected chi connectivity index (χ2v) is 11.7. The third-order valence-corrected chi connectivity index (χ3v) is 7.74. The number of benzene rings is 4. The number of rotatable bonds is 15. The number of nitrogens with one attached hydrogen (secondary N) is 2. The van der Waals surface area contributed by atoms with Crippen LogP contribution in [0.3, 0.4) is 0 Å². The van der Waals surface area contributed by atoms with E-state index in [1.54, 1.807) is 23.1 Å². The fraction of sp³-hybridized carbons (Fsp3) is 0.316. The number of carbonyl (C=O) groups is 2. The molecule has 4 rings (SSSR count). The van der Waals surface area contributed by atoms with E-state index in [0.29, 0.717) is 30.8 Å². The van der Waals surface area contributed by atoms with Crippen molar-refractivity contribution in [3.05, 3.63) is 130 Å². The zero-order valence-corrected chi connectivity index (χ0v) is 26.7. The molecule has 4 aromatic carbocycles. The fourth-order valence-electron chi connectivity index (χ4n) is 5.59. The summed E-state index contributed by atoms with van der Waals surface area (Å²) in [4.78, 5) is 28.7. The number of carbonyl (C=O) groups excluding carboxylic acids is 2. The lowest BCUT2D eigenvalue weighted by atomic mass is 9.99. The Hall–Kier alpha value is -4.40. The lowest BCUT2D eigenvalue weighted by molar-refractivity contribution is 0.0755. The molecule has 242 valence electrons. The summed E-state index contributed by atoms with van der Waals surface area (Å²) in [7, 11) is 0. The van der Waals surface area contributed by atoms with Crippen molar-refractivity contribution in [2.24, 2.45) is 0 Å². The van der Waals surface area contributed by atoms with Gasteiger partial charge in [0.2, 0.25) is 0 Å². The number of aryl methyl sites for hydroxylation is 1. The van der Waals surface area contributed by atoms with Gasteiger partial charge in [0.05, 0.1) is 12.1 Å². The van der Waals surface area contributed by atoms with Gasteiger partial charge in [0.1, 0.15) is 11.6 Å². The summed E-state index contributed by atoms with van der Waals surface area (Å²) in [5.74, 6) is -2.12. The fourth-order valence-corrected chi connectivity index (χ4v) is 5.59. The predicted molar refractivity (Wildman–Crippen MR) is 179 cm³/mol. The molecule has 0 spiro atoms. The largest absolute Gasteiger partial charge is 0.390 e. The van der Waals surface area contributed by atoms with Crippen LogP contribution in [0.2, 0.25) is 0 Å². The van der Waals surface area contributed by atoms with Gasteiger partial charge in [-0.25, -0.2) is 8.78 Å². The van der Waals surface area contributed by atoms with E-state index >= 15 is 0 Å². The predicted octanol–water partition coefficient (Wildman–Crippen LogP) is 6.69. The number of aliphatic hydroxyl groups is 1. The highest BCUT2D eigenvalue weighted by Gasteiger charge is 2.24. The molecule has 0 aliphatic heterocycles. The molecular formula is C38H43F2N3O3. The number of aliphatic hydroxyl groups excluding tert-OH is 1. The monoisotopic (exact) mass is 627 g/mol. The Balaban J connectivity index is 1.50. The quantitative estimate of drug-likeness (QED) is 0.137. The van der Waals surface area contributed by atoms with Crippen molar-refractivity contribution in [1.82, 2.24) is 15.5 Å². The summed E-state index contributed by atoms with van der Waals surface area (Å²) in [5.41, 5.74) is 4.90. The van der Waals surface area contributed by atoms with E-state index < -0.39 is 29.7 Å².